The summed E-state index contributed by atoms with van der Waals surface area (Å²) in [6.45, 7) is 0.770. The van der Waals surface area contributed by atoms with Gasteiger partial charge in [-0.3, -0.25) is 4.68 Å². The number of hydrogen-bond acceptors (Lipinski definition) is 5. The van der Waals surface area contributed by atoms with Crippen molar-refractivity contribution in [2.75, 3.05) is 7.11 Å². The van der Waals surface area contributed by atoms with Gasteiger partial charge in [-0.05, 0) is 37.5 Å². The number of esters is 2. The quantitative estimate of drug-likeness (QED) is 0.755. The van der Waals surface area contributed by atoms with Crippen LogP contribution in [0.5, 0.6) is 0 Å². The molecule has 0 N–H and O–H groups in total. The summed E-state index contributed by atoms with van der Waals surface area (Å²) in [5, 5.41) is 4.87. The average molecular weight is 383 g/mol. The third kappa shape index (κ3) is 3.80. The highest BCUT2D eigenvalue weighted by Gasteiger charge is 2.30. The fraction of sp³-hybridized carbons (Fsp3) is 0.353. The molecule has 3 rings (SSSR count). The number of hydrogen-bond donors (Lipinski definition) is 0. The van der Waals surface area contributed by atoms with E-state index in [0.29, 0.717) is 10.6 Å². The first-order chi connectivity index (χ1) is 12.0. The number of ether oxygens (including phenoxy) is 2. The Morgan fingerprint density at radius 1 is 1.24 bits per heavy atom. The average Bonchev–Trinajstić information content (AvgIpc) is 3.03. The Hall–Kier alpha value is -2.05. The van der Waals surface area contributed by atoms with Crippen molar-refractivity contribution < 1.29 is 19.1 Å². The molecule has 25 heavy (non-hydrogen) atoms. The van der Waals surface area contributed by atoms with Gasteiger partial charge in [-0.1, -0.05) is 29.3 Å². The van der Waals surface area contributed by atoms with Crippen LogP contribution in [-0.4, -0.2) is 28.8 Å². The summed E-state index contributed by atoms with van der Waals surface area (Å²) < 4.78 is 11.9. The number of rotatable bonds is 4. The van der Waals surface area contributed by atoms with E-state index < -0.39 is 18.0 Å². The van der Waals surface area contributed by atoms with Crippen LogP contribution >= 0.6 is 23.2 Å². The van der Waals surface area contributed by atoms with Gasteiger partial charge in [0.2, 0.25) is 6.10 Å². The number of methoxy groups -OCH3 is 1. The fourth-order valence-corrected chi connectivity index (χ4v) is 3.25. The number of carbonyl (C=O) groups excluding carboxylic acids is 2. The second-order valence-electron chi connectivity index (χ2n) is 5.68. The molecule has 0 amide bonds. The van der Waals surface area contributed by atoms with Gasteiger partial charge in [0, 0.05) is 27.8 Å². The van der Waals surface area contributed by atoms with E-state index in [1.165, 1.54) is 19.2 Å². The highest BCUT2D eigenvalue weighted by atomic mass is 35.5. The van der Waals surface area contributed by atoms with Crippen LogP contribution in [0.15, 0.2) is 24.3 Å². The summed E-state index contributed by atoms with van der Waals surface area (Å²) in [4.78, 5) is 24.6. The maximum Gasteiger partial charge on any atom is 0.360 e. The summed E-state index contributed by atoms with van der Waals surface area (Å²) in [6.07, 6.45) is 1.66. The molecule has 8 heteroatoms. The molecule has 1 atom stereocenters. The van der Waals surface area contributed by atoms with Crippen LogP contribution in [0, 0.1) is 0 Å². The van der Waals surface area contributed by atoms with Crippen molar-refractivity contribution >= 4 is 35.1 Å². The standard InChI is InChI=1S/C17H16Cl2N2O4/c1-24-17(23)15(12-6-5-10(18)8-13(12)19)25-16(22)14-9-11-4-2-3-7-21(11)20-14/h5-6,8-9,15H,2-4,7H2,1H3. The molecule has 0 saturated carbocycles. The SMILES string of the molecule is COC(=O)C(OC(=O)c1cc2n(n1)CCCC2)c1ccc(Cl)cc1Cl. The first-order valence-corrected chi connectivity index (χ1v) is 8.55. The second-order valence-corrected chi connectivity index (χ2v) is 6.52. The van der Waals surface area contributed by atoms with E-state index in [4.69, 9.17) is 32.7 Å². The van der Waals surface area contributed by atoms with Gasteiger partial charge in [0.25, 0.3) is 0 Å². The Bertz CT molecular complexity index is 795. The molecule has 1 unspecified atom stereocenters. The summed E-state index contributed by atoms with van der Waals surface area (Å²) >= 11 is 12.0. The number of halogens is 2. The van der Waals surface area contributed by atoms with Gasteiger partial charge < -0.3 is 9.47 Å². The molecule has 0 saturated heterocycles. The Labute approximate surface area is 154 Å². The number of benzene rings is 1. The first kappa shape index (κ1) is 17.8. The molecule has 2 aromatic rings. The second kappa shape index (κ2) is 7.45. The summed E-state index contributed by atoms with van der Waals surface area (Å²) in [6, 6.07) is 6.25. The van der Waals surface area contributed by atoms with Gasteiger partial charge in [0.05, 0.1) is 7.11 Å². The van der Waals surface area contributed by atoms with Gasteiger partial charge in [-0.15, -0.1) is 0 Å². The van der Waals surface area contributed by atoms with Crippen molar-refractivity contribution in [3.8, 4) is 0 Å². The fourth-order valence-electron chi connectivity index (χ4n) is 2.74. The molecule has 1 aromatic carbocycles. The van der Waals surface area contributed by atoms with E-state index in [0.717, 1.165) is 31.5 Å². The lowest BCUT2D eigenvalue weighted by Crippen LogP contribution is -2.22. The zero-order valence-corrected chi connectivity index (χ0v) is 15.0. The third-order valence-corrected chi connectivity index (χ3v) is 4.57. The van der Waals surface area contributed by atoms with E-state index >= 15 is 0 Å². The van der Waals surface area contributed by atoms with Crippen LogP contribution in [0.1, 0.15) is 40.7 Å². The molecule has 0 spiro atoms. The van der Waals surface area contributed by atoms with Crippen LogP contribution in [0.3, 0.4) is 0 Å². The van der Waals surface area contributed by atoms with Crippen molar-refractivity contribution in [1.29, 1.82) is 0 Å². The Morgan fingerprint density at radius 2 is 2.04 bits per heavy atom. The van der Waals surface area contributed by atoms with Crippen molar-refractivity contribution in [3.63, 3.8) is 0 Å². The molecule has 132 valence electrons. The minimum absolute atomic E-state index is 0.163. The predicted molar refractivity (Wildman–Crippen MR) is 91.8 cm³/mol. The third-order valence-electron chi connectivity index (χ3n) is 4.01. The van der Waals surface area contributed by atoms with Crippen LogP contribution in [0.25, 0.3) is 0 Å². The van der Waals surface area contributed by atoms with Crippen molar-refractivity contribution in [3.05, 3.63) is 51.3 Å². The lowest BCUT2D eigenvalue weighted by Gasteiger charge is -2.16. The minimum atomic E-state index is -1.29. The molecular formula is C17H16Cl2N2O4. The Morgan fingerprint density at radius 3 is 2.72 bits per heavy atom. The summed E-state index contributed by atoms with van der Waals surface area (Å²) in [7, 11) is 1.21. The van der Waals surface area contributed by atoms with Gasteiger partial charge in [0.15, 0.2) is 5.69 Å². The van der Waals surface area contributed by atoms with Crippen molar-refractivity contribution in [1.82, 2.24) is 9.78 Å². The van der Waals surface area contributed by atoms with Crippen molar-refractivity contribution in [2.24, 2.45) is 0 Å². The number of aryl methyl sites for hydroxylation is 2. The lowest BCUT2D eigenvalue weighted by molar-refractivity contribution is -0.151. The maximum atomic E-state index is 12.5. The highest BCUT2D eigenvalue weighted by Crippen LogP contribution is 2.30. The molecule has 2 heterocycles. The monoisotopic (exact) mass is 382 g/mol. The maximum absolute atomic E-state index is 12.5. The smallest absolute Gasteiger partial charge is 0.360 e. The Kier molecular flexibility index (Phi) is 5.30. The molecule has 6 nitrogen and oxygen atoms in total. The molecule has 1 aliphatic heterocycles. The van der Waals surface area contributed by atoms with Gasteiger partial charge in [0.1, 0.15) is 0 Å². The predicted octanol–water partition coefficient (Wildman–Crippen LogP) is 3.60. The highest BCUT2D eigenvalue weighted by molar-refractivity contribution is 6.35. The van der Waals surface area contributed by atoms with Gasteiger partial charge in [-0.25, -0.2) is 9.59 Å². The molecule has 0 aliphatic carbocycles. The van der Waals surface area contributed by atoms with Gasteiger partial charge in [-0.2, -0.15) is 5.10 Å². The van der Waals surface area contributed by atoms with E-state index in [9.17, 15) is 9.59 Å². The van der Waals surface area contributed by atoms with Crippen molar-refractivity contribution in [2.45, 2.75) is 31.9 Å². The molecule has 0 radical (unpaired) electrons. The normalized spacial score (nSPS) is 14.5. The van der Waals surface area contributed by atoms with Gasteiger partial charge >= 0.3 is 11.9 Å². The van der Waals surface area contributed by atoms with Crippen LogP contribution in [0.4, 0.5) is 0 Å². The zero-order valence-electron chi connectivity index (χ0n) is 13.5. The van der Waals surface area contributed by atoms with E-state index in [1.807, 2.05) is 0 Å². The number of nitrogens with zero attached hydrogens (tertiary/aromatic N) is 2. The first-order valence-electron chi connectivity index (χ1n) is 7.80. The largest absolute Gasteiger partial charge is 0.466 e. The number of carbonyl (C=O) groups is 2. The van der Waals surface area contributed by atoms with E-state index in [-0.39, 0.29) is 10.7 Å². The topological polar surface area (TPSA) is 70.4 Å². The van der Waals surface area contributed by atoms with Crippen LogP contribution in [0.2, 0.25) is 10.0 Å². The number of aromatic nitrogens is 2. The molecule has 1 aromatic heterocycles. The molecule has 0 fully saturated rings. The number of fused-ring (bicyclic) bond motifs is 1. The molecule has 1 aliphatic rings. The van der Waals surface area contributed by atoms with Crippen LogP contribution < -0.4 is 0 Å². The summed E-state index contributed by atoms with van der Waals surface area (Å²) in [5.74, 6) is -1.44. The van der Waals surface area contributed by atoms with Crippen LogP contribution in [-0.2, 0) is 27.2 Å². The molecular weight excluding hydrogens is 367 g/mol. The molecule has 0 bridgehead atoms. The van der Waals surface area contributed by atoms with E-state index in [1.54, 1.807) is 16.8 Å². The Balaban J connectivity index is 1.86. The summed E-state index contributed by atoms with van der Waals surface area (Å²) in [5.41, 5.74) is 1.45. The zero-order chi connectivity index (χ0) is 18.0. The minimum Gasteiger partial charge on any atom is -0.466 e. The van der Waals surface area contributed by atoms with E-state index in [2.05, 4.69) is 5.10 Å². The lowest BCUT2D eigenvalue weighted by atomic mass is 10.1.